The van der Waals surface area contributed by atoms with Crippen molar-refractivity contribution in [1.82, 2.24) is 0 Å². The summed E-state index contributed by atoms with van der Waals surface area (Å²) in [7, 11) is -4.04. The highest BCUT2D eigenvalue weighted by Gasteiger charge is 2.18. The molecule has 0 spiro atoms. The number of nitrogens with two attached hydrogens (primary N) is 1. The normalized spacial score (nSPS) is 11.6. The molecule has 0 bridgehead atoms. The van der Waals surface area contributed by atoms with Crippen molar-refractivity contribution >= 4 is 55.6 Å². The fourth-order valence-electron chi connectivity index (χ4n) is 2.04. The highest BCUT2D eigenvalue weighted by molar-refractivity contribution is 7.92. The van der Waals surface area contributed by atoms with Crippen LogP contribution in [-0.4, -0.2) is 8.42 Å². The predicted molar refractivity (Wildman–Crippen MR) is 94.2 cm³/mol. The Labute approximate surface area is 146 Å². The summed E-state index contributed by atoms with van der Waals surface area (Å²) in [5, 5.41) is 1.00. The average Bonchev–Trinajstić information content (AvgIpc) is 2.51. The molecule has 0 unspecified atom stereocenters. The zero-order chi connectivity index (χ0) is 17.5. The number of benzene rings is 2. The van der Waals surface area contributed by atoms with Crippen molar-refractivity contribution in [2.75, 3.05) is 10.5 Å². The molecule has 6 nitrogen and oxygen atoms in total. The molecule has 0 saturated carbocycles. The quantitative estimate of drug-likeness (QED) is 0.531. The van der Waals surface area contributed by atoms with Gasteiger partial charge in [-0.2, -0.15) is 0 Å². The molecule has 124 valence electrons. The molecule has 0 fully saturated rings. The number of halogens is 2. The van der Waals surface area contributed by atoms with Crippen molar-refractivity contribution in [3.63, 3.8) is 0 Å². The molecular formula is C15H10Cl2N2O4S. The minimum atomic E-state index is -4.04. The van der Waals surface area contributed by atoms with E-state index < -0.39 is 15.6 Å². The van der Waals surface area contributed by atoms with Gasteiger partial charge in [0, 0.05) is 10.4 Å². The highest BCUT2D eigenvalue weighted by Crippen LogP contribution is 2.25. The second kappa shape index (κ2) is 6.01. The first-order valence-corrected chi connectivity index (χ1v) is 8.81. The first kappa shape index (κ1) is 16.6. The summed E-state index contributed by atoms with van der Waals surface area (Å²) < 4.78 is 32.1. The van der Waals surface area contributed by atoms with E-state index in [0.717, 1.165) is 0 Å². The maximum atomic E-state index is 12.4. The van der Waals surface area contributed by atoms with E-state index in [2.05, 4.69) is 4.72 Å². The topological polar surface area (TPSA) is 102 Å². The van der Waals surface area contributed by atoms with Crippen LogP contribution in [0.25, 0.3) is 11.0 Å². The van der Waals surface area contributed by atoms with Crippen LogP contribution in [0.15, 0.2) is 56.6 Å². The molecule has 0 radical (unpaired) electrons. The lowest BCUT2D eigenvalue weighted by molar-refractivity contribution is 0.563. The lowest BCUT2D eigenvalue weighted by atomic mass is 10.2. The Morgan fingerprint density at radius 3 is 2.50 bits per heavy atom. The molecule has 1 aromatic heterocycles. The Morgan fingerprint density at radius 2 is 1.79 bits per heavy atom. The fraction of sp³-hybridized carbons (Fsp3) is 0. The Hall–Kier alpha value is -2.22. The molecule has 1 heterocycles. The number of anilines is 2. The van der Waals surface area contributed by atoms with Crippen molar-refractivity contribution in [1.29, 1.82) is 0 Å². The summed E-state index contributed by atoms with van der Waals surface area (Å²) in [6.45, 7) is 0. The third-order valence-electron chi connectivity index (χ3n) is 3.22. The molecule has 9 heteroatoms. The SMILES string of the molecule is Nc1ccc(S(=O)(=O)Nc2cc3cc(Cl)ccc3oc2=O)cc1Cl. The molecule has 3 rings (SSSR count). The first-order chi connectivity index (χ1) is 11.3. The fourth-order valence-corrected chi connectivity index (χ4v) is 3.54. The Kier molecular flexibility index (Phi) is 4.16. The summed E-state index contributed by atoms with van der Waals surface area (Å²) in [5.41, 5.74) is 5.04. The molecule has 0 aliphatic heterocycles. The van der Waals surface area contributed by atoms with E-state index in [9.17, 15) is 13.2 Å². The van der Waals surface area contributed by atoms with E-state index in [-0.39, 0.29) is 21.3 Å². The van der Waals surface area contributed by atoms with Gasteiger partial charge in [0.2, 0.25) is 0 Å². The average molecular weight is 385 g/mol. The van der Waals surface area contributed by atoms with Crippen LogP contribution in [0, 0.1) is 0 Å². The monoisotopic (exact) mass is 384 g/mol. The smallest absolute Gasteiger partial charge is 0.360 e. The summed E-state index contributed by atoms with van der Waals surface area (Å²) in [6, 6.07) is 9.83. The molecule has 3 N–H and O–H groups in total. The van der Waals surface area contributed by atoms with Crippen LogP contribution >= 0.6 is 23.2 Å². The zero-order valence-electron chi connectivity index (χ0n) is 11.9. The number of nitrogens with one attached hydrogen (secondary N) is 1. The van der Waals surface area contributed by atoms with Crippen LogP contribution in [0.4, 0.5) is 11.4 Å². The van der Waals surface area contributed by atoms with Gasteiger partial charge in [-0.25, -0.2) is 13.2 Å². The standard InChI is InChI=1S/C15H10Cl2N2O4S/c16-9-1-4-14-8(5-9)6-13(15(20)23-14)19-24(21,22)10-2-3-12(18)11(17)7-10/h1-7,19H,18H2. The minimum absolute atomic E-state index is 0.0928. The van der Waals surface area contributed by atoms with Gasteiger partial charge in [0.1, 0.15) is 11.3 Å². The van der Waals surface area contributed by atoms with Gasteiger partial charge in [-0.05, 0) is 42.5 Å². The van der Waals surface area contributed by atoms with E-state index in [1.807, 2.05) is 0 Å². The largest absolute Gasteiger partial charge is 0.421 e. The Bertz CT molecular complexity index is 1110. The van der Waals surface area contributed by atoms with Crippen LogP contribution in [0.1, 0.15) is 0 Å². The molecule has 24 heavy (non-hydrogen) atoms. The van der Waals surface area contributed by atoms with Crippen LogP contribution in [0.5, 0.6) is 0 Å². The number of hydrogen-bond acceptors (Lipinski definition) is 5. The van der Waals surface area contributed by atoms with Crippen molar-refractivity contribution < 1.29 is 12.8 Å². The number of sulfonamides is 1. The van der Waals surface area contributed by atoms with Crippen molar-refractivity contribution in [3.8, 4) is 0 Å². The summed E-state index contributed by atoms with van der Waals surface area (Å²) in [4.78, 5) is 11.8. The van der Waals surface area contributed by atoms with Gasteiger partial charge in [-0.15, -0.1) is 0 Å². The number of rotatable bonds is 3. The lowest BCUT2D eigenvalue weighted by Gasteiger charge is -2.09. The van der Waals surface area contributed by atoms with Crippen LogP contribution in [0.2, 0.25) is 10.0 Å². The number of nitrogen functional groups attached to an aromatic ring is 1. The highest BCUT2D eigenvalue weighted by atomic mass is 35.5. The maximum Gasteiger partial charge on any atom is 0.360 e. The number of hydrogen-bond donors (Lipinski definition) is 2. The van der Waals surface area contributed by atoms with Gasteiger partial charge < -0.3 is 10.2 Å². The summed E-state index contributed by atoms with van der Waals surface area (Å²) in [6.07, 6.45) is 0. The summed E-state index contributed by atoms with van der Waals surface area (Å²) in [5.74, 6) is 0. The van der Waals surface area contributed by atoms with Crippen molar-refractivity contribution in [2.24, 2.45) is 0 Å². The van der Waals surface area contributed by atoms with Crippen LogP contribution < -0.4 is 16.1 Å². The third kappa shape index (κ3) is 3.19. The van der Waals surface area contributed by atoms with Crippen LogP contribution in [-0.2, 0) is 10.0 Å². The van der Waals surface area contributed by atoms with Gasteiger partial charge in [-0.1, -0.05) is 23.2 Å². The van der Waals surface area contributed by atoms with Crippen molar-refractivity contribution in [3.05, 3.63) is 62.9 Å². The molecule has 0 aliphatic rings. The molecule has 0 saturated heterocycles. The maximum absolute atomic E-state index is 12.4. The van der Waals surface area contributed by atoms with Gasteiger partial charge >= 0.3 is 5.63 Å². The molecular weight excluding hydrogens is 375 g/mol. The van der Waals surface area contributed by atoms with E-state index in [1.165, 1.54) is 30.3 Å². The predicted octanol–water partition coefficient (Wildman–Crippen LogP) is 3.48. The van der Waals surface area contributed by atoms with Crippen LogP contribution in [0.3, 0.4) is 0 Å². The second-order valence-electron chi connectivity index (χ2n) is 4.92. The first-order valence-electron chi connectivity index (χ1n) is 6.57. The van der Waals surface area contributed by atoms with E-state index in [0.29, 0.717) is 16.0 Å². The molecule has 0 aliphatic carbocycles. The van der Waals surface area contributed by atoms with E-state index >= 15 is 0 Å². The third-order valence-corrected chi connectivity index (χ3v) is 5.15. The number of fused-ring (bicyclic) bond motifs is 1. The molecule has 3 aromatic rings. The van der Waals surface area contributed by atoms with E-state index in [4.69, 9.17) is 33.4 Å². The molecule has 0 amide bonds. The Morgan fingerprint density at radius 1 is 1.04 bits per heavy atom. The van der Waals surface area contributed by atoms with Crippen molar-refractivity contribution in [2.45, 2.75) is 4.90 Å². The molecule has 2 aromatic carbocycles. The zero-order valence-corrected chi connectivity index (χ0v) is 14.2. The summed E-state index contributed by atoms with van der Waals surface area (Å²) >= 11 is 11.7. The second-order valence-corrected chi connectivity index (χ2v) is 7.44. The van der Waals surface area contributed by atoms with E-state index in [1.54, 1.807) is 12.1 Å². The van der Waals surface area contributed by atoms with Gasteiger partial charge in [-0.3, -0.25) is 4.72 Å². The van der Waals surface area contributed by atoms with Gasteiger partial charge in [0.05, 0.1) is 15.6 Å². The van der Waals surface area contributed by atoms with Gasteiger partial charge in [0.25, 0.3) is 10.0 Å². The van der Waals surface area contributed by atoms with Gasteiger partial charge in [0.15, 0.2) is 0 Å². The lowest BCUT2D eigenvalue weighted by Crippen LogP contribution is -2.18. The minimum Gasteiger partial charge on any atom is -0.421 e. The Balaban J connectivity index is 2.06. The molecule has 0 atom stereocenters.